The van der Waals surface area contributed by atoms with Gasteiger partial charge in [-0.3, -0.25) is 19.4 Å². The number of halogens is 3. The van der Waals surface area contributed by atoms with Crippen LogP contribution in [0.2, 0.25) is 0 Å². The summed E-state index contributed by atoms with van der Waals surface area (Å²) in [5.41, 5.74) is 5.46. The highest BCUT2D eigenvalue weighted by Gasteiger charge is 2.34. The molecule has 1 heterocycles. The van der Waals surface area contributed by atoms with Crippen LogP contribution in [0.5, 0.6) is 5.75 Å². The molecule has 5 aromatic rings. The Kier molecular flexibility index (Phi) is 11.1. The Bertz CT molecular complexity index is 2150. The number of methoxy groups -OCH3 is 1. The average molecular weight is 735 g/mol. The maximum Gasteiger partial charge on any atom is 0.416 e. The van der Waals surface area contributed by atoms with Crippen molar-refractivity contribution in [1.29, 1.82) is 0 Å². The molecule has 6 rings (SSSR count). The summed E-state index contributed by atoms with van der Waals surface area (Å²) in [5, 5.41) is 18.7. The Morgan fingerprint density at radius 3 is 2.15 bits per heavy atom. The maximum absolute atomic E-state index is 13.6. The minimum atomic E-state index is -4.68. The smallest absolute Gasteiger partial charge is 0.416 e. The molecule has 1 aliphatic rings. The van der Waals surface area contributed by atoms with Gasteiger partial charge in [0.2, 0.25) is 5.91 Å². The lowest BCUT2D eigenvalue weighted by molar-refractivity contribution is -0.139. The van der Waals surface area contributed by atoms with E-state index < -0.39 is 42.5 Å². The third kappa shape index (κ3) is 9.13. The molecule has 5 aromatic carbocycles. The summed E-state index contributed by atoms with van der Waals surface area (Å²) in [6.07, 6.45) is -3.33. The molecule has 0 fully saturated rings. The lowest BCUT2D eigenvalue weighted by Crippen LogP contribution is -2.35. The van der Waals surface area contributed by atoms with Crippen LogP contribution in [0, 0.1) is 6.92 Å². The van der Waals surface area contributed by atoms with Crippen LogP contribution in [0.3, 0.4) is 0 Å². The van der Waals surface area contributed by atoms with Crippen molar-refractivity contribution in [3.05, 3.63) is 149 Å². The zero-order valence-electron chi connectivity index (χ0n) is 29.5. The van der Waals surface area contributed by atoms with Crippen LogP contribution in [0.1, 0.15) is 44.1 Å². The molecule has 1 aliphatic heterocycles. The molecule has 12 heteroatoms. The number of anilines is 2. The van der Waals surface area contributed by atoms with Crippen molar-refractivity contribution >= 4 is 35.4 Å². The van der Waals surface area contributed by atoms with Crippen LogP contribution in [-0.2, 0) is 28.7 Å². The second-order valence-electron chi connectivity index (χ2n) is 13.0. The van der Waals surface area contributed by atoms with Gasteiger partial charge in [0.25, 0.3) is 5.91 Å². The Hall–Kier alpha value is -6.43. The number of hydrogen-bond donors (Lipinski definition) is 2. The third-order valence-electron chi connectivity index (χ3n) is 9.09. The number of amides is 2. The fraction of sp³-hybridized carbons (Fsp3) is 0.190. The highest BCUT2D eigenvalue weighted by molar-refractivity contribution is 5.97. The van der Waals surface area contributed by atoms with Gasteiger partial charge in [-0.25, -0.2) is 0 Å². The van der Waals surface area contributed by atoms with E-state index in [1.54, 1.807) is 0 Å². The Morgan fingerprint density at radius 1 is 0.889 bits per heavy atom. The minimum absolute atomic E-state index is 0.0172. The molecule has 0 spiro atoms. The first-order valence-corrected chi connectivity index (χ1v) is 17.1. The average Bonchev–Trinajstić information content (AvgIpc) is 3.65. The molecule has 9 nitrogen and oxygen atoms in total. The zero-order valence-corrected chi connectivity index (χ0v) is 29.5. The van der Waals surface area contributed by atoms with Crippen LogP contribution < -0.4 is 15.1 Å². The van der Waals surface area contributed by atoms with Crippen LogP contribution in [0.25, 0.3) is 11.1 Å². The molecule has 1 unspecified atom stereocenters. The fourth-order valence-electron chi connectivity index (χ4n) is 6.19. The third-order valence-corrected chi connectivity index (χ3v) is 9.09. The summed E-state index contributed by atoms with van der Waals surface area (Å²) in [6, 6.07) is 33.3. The molecule has 0 saturated carbocycles. The number of nitrogens with zero attached hydrogens (tertiary/aromatic N) is 3. The number of alkyl halides is 3. The van der Waals surface area contributed by atoms with Gasteiger partial charge in [0.15, 0.2) is 0 Å². The number of ether oxygens (including phenoxy) is 1. The van der Waals surface area contributed by atoms with Crippen LogP contribution in [-0.4, -0.2) is 54.2 Å². The van der Waals surface area contributed by atoms with Crippen molar-refractivity contribution in [2.75, 3.05) is 30.5 Å². The molecular formula is C42H37F3N4O5. The highest BCUT2D eigenvalue weighted by atomic mass is 19.4. The van der Waals surface area contributed by atoms with Crippen LogP contribution in [0.4, 0.5) is 24.5 Å². The molecule has 0 radical (unpaired) electrons. The van der Waals surface area contributed by atoms with Crippen molar-refractivity contribution in [3.63, 3.8) is 0 Å². The first-order chi connectivity index (χ1) is 25.9. The van der Waals surface area contributed by atoms with E-state index in [1.165, 1.54) is 54.0 Å². The summed E-state index contributed by atoms with van der Waals surface area (Å²) in [5.74, 6) is -2.36. The summed E-state index contributed by atoms with van der Waals surface area (Å²) < 4.78 is 45.6. The second kappa shape index (κ2) is 16.1. The van der Waals surface area contributed by atoms with Gasteiger partial charge in [0.05, 0.1) is 31.3 Å². The highest BCUT2D eigenvalue weighted by Crippen LogP contribution is 2.35. The van der Waals surface area contributed by atoms with Crippen LogP contribution >= 0.6 is 0 Å². The van der Waals surface area contributed by atoms with Gasteiger partial charge in [-0.1, -0.05) is 72.3 Å². The monoisotopic (exact) mass is 734 g/mol. The zero-order chi connectivity index (χ0) is 38.4. The molecule has 2 N–H and O–H groups in total. The molecule has 0 saturated heterocycles. The Labute approximate surface area is 310 Å². The number of rotatable bonds is 12. The maximum atomic E-state index is 13.6. The van der Waals surface area contributed by atoms with Gasteiger partial charge < -0.3 is 20.1 Å². The Balaban J connectivity index is 1.05. The van der Waals surface area contributed by atoms with Crippen molar-refractivity contribution in [2.45, 2.75) is 32.0 Å². The molecule has 276 valence electrons. The number of carboxylic acid groups (broad SMARTS) is 1. The quantitative estimate of drug-likeness (QED) is 0.134. The van der Waals surface area contributed by atoms with E-state index in [0.717, 1.165) is 34.0 Å². The predicted octanol–water partition coefficient (Wildman–Crippen LogP) is 8.19. The first kappa shape index (κ1) is 37.3. The van der Waals surface area contributed by atoms with E-state index in [0.29, 0.717) is 6.54 Å². The molecule has 1 atom stereocenters. The first-order valence-electron chi connectivity index (χ1n) is 17.1. The summed E-state index contributed by atoms with van der Waals surface area (Å²) in [7, 11) is 1.25. The normalized spacial score (nSPS) is 13.8. The van der Waals surface area contributed by atoms with Gasteiger partial charge in [-0.05, 0) is 83.3 Å². The number of benzene rings is 5. The summed E-state index contributed by atoms with van der Waals surface area (Å²) in [4.78, 5) is 39.0. The number of hydrazone groups is 1. The number of nitrogens with one attached hydrogen (secondary N) is 1. The Morgan fingerprint density at radius 2 is 1.54 bits per heavy atom. The molecule has 0 aliphatic carbocycles. The lowest BCUT2D eigenvalue weighted by atomic mass is 9.99. The largest absolute Gasteiger partial charge is 0.497 e. The van der Waals surface area contributed by atoms with E-state index >= 15 is 0 Å². The topological polar surface area (TPSA) is 112 Å². The number of hydrogen-bond acceptors (Lipinski definition) is 6. The fourth-order valence-corrected chi connectivity index (χ4v) is 6.19. The SMILES string of the molecule is COc1ccc(CC(=O)Nc2ccc(C(=O)N(CC(=O)O)Cc3ccc(C4C=NN(c5ccc(-c6ccc(C)cc6)cc5)C4)cc3)cc2)c(C(F)(F)F)c1. The van der Waals surface area contributed by atoms with Gasteiger partial charge >= 0.3 is 12.1 Å². The number of aryl methyl sites for hydroxylation is 1. The standard InChI is InChI=1S/C42H37F3N4O5/c1-27-3-7-29(8-4-27)30-13-18-36(19-14-30)49-25-34(23-46-49)31-9-5-28(6-10-31)24-48(26-40(51)52)41(53)32-11-16-35(17-12-32)47-39(50)21-33-15-20-37(54-2)22-38(33)42(43,44)45/h3-20,22-23,34H,21,24-26H2,1-2H3,(H,47,50)(H,51,52). The molecule has 2 amide bonds. The molecular weight excluding hydrogens is 697 g/mol. The molecule has 0 bridgehead atoms. The van der Waals surface area contributed by atoms with E-state index in [2.05, 4.69) is 65.9 Å². The van der Waals surface area contributed by atoms with E-state index in [9.17, 15) is 32.7 Å². The van der Waals surface area contributed by atoms with Crippen molar-refractivity contribution < 1.29 is 37.4 Å². The van der Waals surface area contributed by atoms with E-state index in [-0.39, 0.29) is 35.0 Å². The number of aliphatic carboxylic acids is 1. The second-order valence-corrected chi connectivity index (χ2v) is 13.0. The van der Waals surface area contributed by atoms with Gasteiger partial charge in [-0.2, -0.15) is 18.3 Å². The van der Waals surface area contributed by atoms with Gasteiger partial charge in [0, 0.05) is 29.9 Å². The molecule has 0 aromatic heterocycles. The van der Waals surface area contributed by atoms with Crippen molar-refractivity contribution in [3.8, 4) is 16.9 Å². The van der Waals surface area contributed by atoms with Crippen LogP contribution in [0.15, 0.2) is 120 Å². The number of carboxylic acids is 1. The number of carbonyl (C=O) groups excluding carboxylic acids is 2. The van der Waals surface area contributed by atoms with E-state index in [1.807, 2.05) is 35.5 Å². The number of carbonyl (C=O) groups is 3. The molecule has 54 heavy (non-hydrogen) atoms. The minimum Gasteiger partial charge on any atom is -0.497 e. The summed E-state index contributed by atoms with van der Waals surface area (Å²) in [6.45, 7) is 2.20. The lowest BCUT2D eigenvalue weighted by Gasteiger charge is -2.22. The van der Waals surface area contributed by atoms with E-state index in [4.69, 9.17) is 4.74 Å². The van der Waals surface area contributed by atoms with Gasteiger partial charge in [-0.15, -0.1) is 0 Å². The van der Waals surface area contributed by atoms with Crippen molar-refractivity contribution in [1.82, 2.24) is 4.90 Å². The van der Waals surface area contributed by atoms with Crippen molar-refractivity contribution in [2.24, 2.45) is 5.10 Å². The van der Waals surface area contributed by atoms with Gasteiger partial charge in [0.1, 0.15) is 12.3 Å². The predicted molar refractivity (Wildman–Crippen MR) is 201 cm³/mol. The summed E-state index contributed by atoms with van der Waals surface area (Å²) >= 11 is 0.